The molecule has 2 aromatic rings. The topological polar surface area (TPSA) is 58.6 Å². The molecule has 0 aliphatic rings. The van der Waals surface area contributed by atoms with E-state index in [9.17, 15) is 9.59 Å². The van der Waals surface area contributed by atoms with Crippen LogP contribution in [0.3, 0.4) is 0 Å². The van der Waals surface area contributed by atoms with Crippen molar-refractivity contribution in [1.82, 2.24) is 10.2 Å². The van der Waals surface area contributed by atoms with Crippen molar-refractivity contribution in [1.29, 1.82) is 0 Å². The standard InChI is InChI=1S/C24H31BrN2O3/c1-6-18(4)26-24(29)19(5)27(14-20-10-8-7-9-11-20)22(28)15-30-21-12-16(2)23(25)17(3)13-21/h7-13,18-19H,6,14-15H2,1-5H3,(H,26,29)/t18-,19-/m1/s1. The summed E-state index contributed by atoms with van der Waals surface area (Å²) in [7, 11) is 0. The van der Waals surface area contributed by atoms with Gasteiger partial charge in [-0.25, -0.2) is 0 Å². The van der Waals surface area contributed by atoms with Crippen molar-refractivity contribution in [2.45, 2.75) is 59.7 Å². The van der Waals surface area contributed by atoms with E-state index < -0.39 is 6.04 Å². The van der Waals surface area contributed by atoms with Crippen LogP contribution in [0.1, 0.15) is 43.9 Å². The molecule has 2 amide bonds. The zero-order chi connectivity index (χ0) is 22.3. The van der Waals surface area contributed by atoms with Crippen molar-refractivity contribution in [3.05, 3.63) is 63.6 Å². The highest BCUT2D eigenvalue weighted by atomic mass is 79.9. The first kappa shape index (κ1) is 23.9. The van der Waals surface area contributed by atoms with Crippen LogP contribution in [0.25, 0.3) is 0 Å². The predicted molar refractivity (Wildman–Crippen MR) is 123 cm³/mol. The second kappa shape index (κ2) is 11.2. The monoisotopic (exact) mass is 474 g/mol. The highest BCUT2D eigenvalue weighted by molar-refractivity contribution is 9.10. The summed E-state index contributed by atoms with van der Waals surface area (Å²) in [6.45, 7) is 9.90. The fourth-order valence-electron chi connectivity index (χ4n) is 3.05. The number of nitrogens with one attached hydrogen (secondary N) is 1. The van der Waals surface area contributed by atoms with E-state index >= 15 is 0 Å². The smallest absolute Gasteiger partial charge is 0.261 e. The summed E-state index contributed by atoms with van der Waals surface area (Å²) in [6.07, 6.45) is 0.830. The molecule has 0 aliphatic carbocycles. The minimum absolute atomic E-state index is 0.0543. The Morgan fingerprint density at radius 3 is 2.27 bits per heavy atom. The van der Waals surface area contributed by atoms with Gasteiger partial charge in [0.05, 0.1) is 0 Å². The van der Waals surface area contributed by atoms with Gasteiger partial charge in [-0.1, -0.05) is 53.2 Å². The molecule has 0 aliphatic heterocycles. The van der Waals surface area contributed by atoms with E-state index in [0.29, 0.717) is 12.3 Å². The van der Waals surface area contributed by atoms with Gasteiger partial charge in [0.2, 0.25) is 5.91 Å². The Hall–Kier alpha value is -2.34. The molecule has 6 heteroatoms. The number of halogens is 1. The third kappa shape index (κ3) is 6.59. The number of rotatable bonds is 9. The van der Waals surface area contributed by atoms with Crippen LogP contribution in [0.4, 0.5) is 0 Å². The number of amides is 2. The molecular weight excluding hydrogens is 444 g/mol. The zero-order valence-electron chi connectivity index (χ0n) is 18.4. The molecule has 2 aromatic carbocycles. The lowest BCUT2D eigenvalue weighted by Gasteiger charge is -2.29. The highest BCUT2D eigenvalue weighted by Gasteiger charge is 2.27. The number of benzene rings is 2. The van der Waals surface area contributed by atoms with Gasteiger partial charge >= 0.3 is 0 Å². The second-order valence-electron chi connectivity index (χ2n) is 7.66. The maximum absolute atomic E-state index is 13.1. The lowest BCUT2D eigenvalue weighted by molar-refractivity contribution is -0.142. The van der Waals surface area contributed by atoms with Gasteiger partial charge < -0.3 is 15.0 Å². The van der Waals surface area contributed by atoms with Gasteiger partial charge in [-0.15, -0.1) is 0 Å². The van der Waals surface area contributed by atoms with Crippen molar-refractivity contribution >= 4 is 27.7 Å². The molecule has 5 nitrogen and oxygen atoms in total. The number of carbonyl (C=O) groups is 2. The van der Waals surface area contributed by atoms with Gasteiger partial charge in [0.1, 0.15) is 11.8 Å². The maximum atomic E-state index is 13.1. The fraction of sp³-hybridized carbons (Fsp3) is 0.417. The predicted octanol–water partition coefficient (Wildman–Crippen LogP) is 4.78. The molecule has 2 rings (SSSR count). The molecule has 0 saturated carbocycles. The second-order valence-corrected chi connectivity index (χ2v) is 8.45. The number of aryl methyl sites for hydroxylation is 2. The van der Waals surface area contributed by atoms with Gasteiger partial charge in [-0.05, 0) is 62.9 Å². The Morgan fingerprint density at radius 1 is 1.10 bits per heavy atom. The van der Waals surface area contributed by atoms with Crippen LogP contribution < -0.4 is 10.1 Å². The van der Waals surface area contributed by atoms with Crippen LogP contribution in [-0.2, 0) is 16.1 Å². The fourth-order valence-corrected chi connectivity index (χ4v) is 3.27. The molecule has 1 N–H and O–H groups in total. The van der Waals surface area contributed by atoms with Crippen molar-refractivity contribution in [3.63, 3.8) is 0 Å². The first-order valence-corrected chi connectivity index (χ1v) is 11.1. The average molecular weight is 475 g/mol. The van der Waals surface area contributed by atoms with Gasteiger partial charge in [0.15, 0.2) is 6.61 Å². The van der Waals surface area contributed by atoms with Crippen molar-refractivity contribution in [3.8, 4) is 5.75 Å². The normalized spacial score (nSPS) is 12.7. The summed E-state index contributed by atoms with van der Waals surface area (Å²) in [5.74, 6) is 0.241. The summed E-state index contributed by atoms with van der Waals surface area (Å²) in [4.78, 5) is 27.3. The minimum atomic E-state index is -0.608. The molecule has 0 heterocycles. The summed E-state index contributed by atoms with van der Waals surface area (Å²) < 4.78 is 6.82. The van der Waals surface area contributed by atoms with Gasteiger partial charge in [0.25, 0.3) is 5.91 Å². The van der Waals surface area contributed by atoms with Crippen LogP contribution in [0, 0.1) is 13.8 Å². The van der Waals surface area contributed by atoms with E-state index in [-0.39, 0.29) is 24.5 Å². The van der Waals surface area contributed by atoms with Crippen LogP contribution in [0.2, 0.25) is 0 Å². The largest absolute Gasteiger partial charge is 0.484 e. The third-order valence-electron chi connectivity index (χ3n) is 5.14. The third-order valence-corrected chi connectivity index (χ3v) is 6.39. The Bertz CT molecular complexity index is 847. The summed E-state index contributed by atoms with van der Waals surface area (Å²) in [5.41, 5.74) is 3.05. The summed E-state index contributed by atoms with van der Waals surface area (Å²) >= 11 is 3.54. The molecule has 0 spiro atoms. The number of ether oxygens (including phenoxy) is 1. The lowest BCUT2D eigenvalue weighted by Crippen LogP contribution is -2.50. The molecule has 2 atom stereocenters. The van der Waals surface area contributed by atoms with Crippen molar-refractivity contribution in [2.24, 2.45) is 0 Å². The lowest BCUT2D eigenvalue weighted by atomic mass is 10.1. The van der Waals surface area contributed by atoms with Crippen LogP contribution in [-0.4, -0.2) is 35.4 Å². The summed E-state index contributed by atoms with van der Waals surface area (Å²) in [6, 6.07) is 12.9. The van der Waals surface area contributed by atoms with E-state index in [1.165, 1.54) is 0 Å². The Labute approximate surface area is 187 Å². The van der Waals surface area contributed by atoms with E-state index in [2.05, 4.69) is 21.2 Å². The van der Waals surface area contributed by atoms with E-state index in [1.54, 1.807) is 11.8 Å². The molecular formula is C24H31BrN2O3. The van der Waals surface area contributed by atoms with E-state index in [0.717, 1.165) is 27.6 Å². The molecule has 0 aromatic heterocycles. The molecule has 0 unspecified atom stereocenters. The average Bonchev–Trinajstić information content (AvgIpc) is 2.74. The van der Waals surface area contributed by atoms with E-state index in [4.69, 9.17) is 4.74 Å². The van der Waals surface area contributed by atoms with Gasteiger partial charge in [-0.2, -0.15) is 0 Å². The molecule has 0 bridgehead atoms. The Balaban J connectivity index is 2.16. The van der Waals surface area contributed by atoms with E-state index in [1.807, 2.05) is 70.2 Å². The quantitative estimate of drug-likeness (QED) is 0.568. The maximum Gasteiger partial charge on any atom is 0.261 e. The van der Waals surface area contributed by atoms with Crippen LogP contribution in [0.5, 0.6) is 5.75 Å². The SMILES string of the molecule is CC[C@@H](C)NC(=O)[C@@H](C)N(Cc1ccccc1)C(=O)COc1cc(C)c(Br)c(C)c1. The van der Waals surface area contributed by atoms with Crippen LogP contribution >= 0.6 is 15.9 Å². The minimum Gasteiger partial charge on any atom is -0.484 e. The summed E-state index contributed by atoms with van der Waals surface area (Å²) in [5, 5.41) is 2.97. The van der Waals surface area contributed by atoms with Gasteiger partial charge in [0, 0.05) is 17.1 Å². The molecule has 0 fully saturated rings. The number of nitrogens with zero attached hydrogens (tertiary/aromatic N) is 1. The first-order chi connectivity index (χ1) is 14.2. The number of carbonyl (C=O) groups excluding carboxylic acids is 2. The van der Waals surface area contributed by atoms with Crippen molar-refractivity contribution < 1.29 is 14.3 Å². The highest BCUT2D eigenvalue weighted by Crippen LogP contribution is 2.26. The molecule has 162 valence electrons. The van der Waals surface area contributed by atoms with Crippen molar-refractivity contribution in [2.75, 3.05) is 6.61 Å². The zero-order valence-corrected chi connectivity index (χ0v) is 20.0. The molecule has 0 saturated heterocycles. The number of hydrogen-bond donors (Lipinski definition) is 1. The molecule has 0 radical (unpaired) electrons. The Kier molecular flexibility index (Phi) is 8.90. The number of hydrogen-bond acceptors (Lipinski definition) is 3. The van der Waals surface area contributed by atoms with Gasteiger partial charge in [-0.3, -0.25) is 9.59 Å². The first-order valence-electron chi connectivity index (χ1n) is 10.3. The Morgan fingerprint density at radius 2 is 1.70 bits per heavy atom. The molecule has 30 heavy (non-hydrogen) atoms. The van der Waals surface area contributed by atoms with Crippen LogP contribution in [0.15, 0.2) is 46.9 Å².